The third kappa shape index (κ3) is 5.00. The molecule has 2 saturated carbocycles. The van der Waals surface area contributed by atoms with Crippen LogP contribution < -0.4 is 11.5 Å². The maximum absolute atomic E-state index is 7.14. The molecule has 2 aliphatic rings. The Labute approximate surface area is 196 Å². The molecule has 6 atom stereocenters. The van der Waals surface area contributed by atoms with Crippen LogP contribution >= 0.6 is 45.2 Å². The van der Waals surface area contributed by atoms with Crippen LogP contribution in [0.3, 0.4) is 0 Å². The second-order valence-electron chi connectivity index (χ2n) is 10.3. The minimum atomic E-state index is -0.0951. The topological polar surface area (TPSA) is 52.0 Å². The molecule has 2 rings (SSSR count). The Hall–Kier alpha value is 1.38. The first-order valence-corrected chi connectivity index (χ1v) is 13.7. The van der Waals surface area contributed by atoms with E-state index in [0.29, 0.717) is 11.8 Å². The normalized spacial score (nSPS) is 45.8. The Kier molecular flexibility index (Phi) is 8.83. The summed E-state index contributed by atoms with van der Waals surface area (Å²) >= 11 is 5.29. The van der Waals surface area contributed by atoms with E-state index >= 15 is 0 Å². The quantitative estimate of drug-likeness (QED) is 0.171. The molecular formula is C23H44I2N2. The second kappa shape index (κ2) is 9.67. The van der Waals surface area contributed by atoms with Gasteiger partial charge in [0, 0.05) is 0 Å². The van der Waals surface area contributed by atoms with Crippen LogP contribution in [0.5, 0.6) is 0 Å². The van der Waals surface area contributed by atoms with Gasteiger partial charge in [-0.05, 0) is 67.6 Å². The molecule has 0 aromatic rings. The number of unbranched alkanes of at least 4 members (excludes halogenated alkanes) is 2. The zero-order valence-electron chi connectivity index (χ0n) is 18.3. The van der Waals surface area contributed by atoms with Crippen LogP contribution in [0.4, 0.5) is 0 Å². The molecule has 0 bridgehead atoms. The van der Waals surface area contributed by atoms with Crippen molar-refractivity contribution in [3.05, 3.63) is 0 Å². The third-order valence-corrected chi connectivity index (χ3v) is 12.7. The zero-order valence-corrected chi connectivity index (χ0v) is 22.6. The van der Waals surface area contributed by atoms with E-state index in [-0.39, 0.29) is 17.9 Å². The van der Waals surface area contributed by atoms with Crippen LogP contribution in [0.15, 0.2) is 0 Å². The van der Waals surface area contributed by atoms with Crippen LogP contribution in [-0.2, 0) is 0 Å². The number of alkyl halides is 2. The average molecular weight is 602 g/mol. The van der Waals surface area contributed by atoms with Crippen molar-refractivity contribution in [3.63, 3.8) is 0 Å². The summed E-state index contributed by atoms with van der Waals surface area (Å²) in [6.07, 6.45) is 16.8. The van der Waals surface area contributed by atoms with E-state index in [1.807, 2.05) is 0 Å². The van der Waals surface area contributed by atoms with Gasteiger partial charge in [0.15, 0.2) is 0 Å². The molecule has 6 unspecified atom stereocenters. The summed E-state index contributed by atoms with van der Waals surface area (Å²) in [5, 5.41) is 0. The molecule has 160 valence electrons. The Morgan fingerprint density at radius 2 is 1.15 bits per heavy atom. The first-order valence-electron chi connectivity index (χ1n) is 11.5. The molecule has 4 N–H and O–H groups in total. The van der Waals surface area contributed by atoms with Gasteiger partial charge in [0.25, 0.3) is 0 Å². The first kappa shape index (κ1) is 24.6. The molecule has 0 amide bonds. The van der Waals surface area contributed by atoms with Gasteiger partial charge in [-0.2, -0.15) is 0 Å². The molecular weight excluding hydrogens is 558 g/mol. The fourth-order valence-electron chi connectivity index (χ4n) is 5.96. The molecule has 0 spiro atoms. The van der Waals surface area contributed by atoms with E-state index < -0.39 is 0 Å². The standard InChI is InChI=1S/C23H44I2N2/c1-5-7-13-20(3)15-9-11-18(22(20,24)26)17-19-12-10-16-21(4,14-8-6-2)23(19,25)27/h18-19H,5-17,26-27H2,1-4H3. The van der Waals surface area contributed by atoms with Crippen molar-refractivity contribution in [2.75, 3.05) is 0 Å². The third-order valence-electron chi connectivity index (χ3n) is 8.33. The monoisotopic (exact) mass is 602 g/mol. The van der Waals surface area contributed by atoms with Crippen molar-refractivity contribution in [2.24, 2.45) is 34.1 Å². The molecule has 2 nitrogen and oxygen atoms in total. The lowest BCUT2D eigenvalue weighted by atomic mass is 9.59. The zero-order chi connectivity index (χ0) is 20.3. The molecule has 2 aliphatic carbocycles. The number of rotatable bonds is 8. The number of nitrogens with two attached hydrogens (primary N) is 2. The lowest BCUT2D eigenvalue weighted by Gasteiger charge is -2.56. The van der Waals surface area contributed by atoms with Crippen LogP contribution in [-0.4, -0.2) is 7.09 Å². The van der Waals surface area contributed by atoms with Gasteiger partial charge in [0.2, 0.25) is 0 Å². The Bertz CT molecular complexity index is 437. The molecule has 0 aromatic heterocycles. The van der Waals surface area contributed by atoms with Gasteiger partial charge in [-0.1, -0.05) is 111 Å². The van der Waals surface area contributed by atoms with Crippen molar-refractivity contribution in [1.29, 1.82) is 0 Å². The van der Waals surface area contributed by atoms with Crippen LogP contribution in [0.25, 0.3) is 0 Å². The summed E-state index contributed by atoms with van der Waals surface area (Å²) in [4.78, 5) is 0. The van der Waals surface area contributed by atoms with E-state index in [0.717, 1.165) is 0 Å². The number of hydrogen-bond donors (Lipinski definition) is 2. The number of hydrogen-bond acceptors (Lipinski definition) is 2. The average Bonchev–Trinajstić information content (AvgIpc) is 2.60. The lowest BCUT2D eigenvalue weighted by molar-refractivity contribution is 0.0409. The van der Waals surface area contributed by atoms with Gasteiger partial charge >= 0.3 is 0 Å². The van der Waals surface area contributed by atoms with E-state index in [4.69, 9.17) is 11.5 Å². The summed E-state index contributed by atoms with van der Waals surface area (Å²) in [6, 6.07) is 0. The van der Waals surface area contributed by atoms with E-state index in [9.17, 15) is 0 Å². The van der Waals surface area contributed by atoms with Crippen molar-refractivity contribution in [2.45, 2.75) is 118 Å². The maximum Gasteiger partial charge on any atom is 0.0763 e. The van der Waals surface area contributed by atoms with Gasteiger partial charge in [0.05, 0.1) is 7.09 Å². The highest BCUT2D eigenvalue weighted by molar-refractivity contribution is 14.1. The molecule has 0 saturated heterocycles. The predicted octanol–water partition coefficient (Wildman–Crippen LogP) is 7.55. The molecule has 2 fully saturated rings. The smallest absolute Gasteiger partial charge is 0.0763 e. The van der Waals surface area contributed by atoms with Gasteiger partial charge in [0.1, 0.15) is 0 Å². The van der Waals surface area contributed by atoms with E-state index in [1.165, 1.54) is 83.5 Å². The van der Waals surface area contributed by atoms with Gasteiger partial charge in [-0.25, -0.2) is 0 Å². The van der Waals surface area contributed by atoms with Gasteiger partial charge in [-0.15, -0.1) is 0 Å². The fraction of sp³-hybridized carbons (Fsp3) is 1.00. The SMILES string of the molecule is CCCCC1(C)CCCC(CC2CCCC(C)(CCCC)C2(N)I)C1(N)I. The van der Waals surface area contributed by atoms with E-state index in [2.05, 4.69) is 72.9 Å². The molecule has 0 aromatic carbocycles. The number of halogens is 2. The van der Waals surface area contributed by atoms with Gasteiger partial charge < -0.3 is 11.5 Å². The molecule has 0 heterocycles. The summed E-state index contributed by atoms with van der Waals surface area (Å²) in [5.41, 5.74) is 14.8. The maximum atomic E-state index is 7.14. The van der Waals surface area contributed by atoms with Crippen molar-refractivity contribution >= 4 is 45.2 Å². The Balaban J connectivity index is 2.16. The summed E-state index contributed by atoms with van der Waals surface area (Å²) in [5.74, 6) is 1.20. The molecule has 0 aliphatic heterocycles. The first-order chi connectivity index (χ1) is 12.5. The fourth-order valence-corrected chi connectivity index (χ4v) is 8.17. The second-order valence-corrected chi connectivity index (χ2v) is 13.8. The highest BCUT2D eigenvalue weighted by Crippen LogP contribution is 2.58. The minimum Gasteiger partial charge on any atom is -0.316 e. The molecule has 4 heteroatoms. The van der Waals surface area contributed by atoms with Crippen LogP contribution in [0.1, 0.15) is 111 Å². The van der Waals surface area contributed by atoms with Crippen LogP contribution in [0.2, 0.25) is 0 Å². The summed E-state index contributed by atoms with van der Waals surface area (Å²) in [6.45, 7) is 9.53. The molecule has 27 heavy (non-hydrogen) atoms. The van der Waals surface area contributed by atoms with E-state index in [1.54, 1.807) is 0 Å². The van der Waals surface area contributed by atoms with Crippen LogP contribution in [0, 0.1) is 22.7 Å². The summed E-state index contributed by atoms with van der Waals surface area (Å²) in [7, 11) is 0. The predicted molar refractivity (Wildman–Crippen MR) is 136 cm³/mol. The lowest BCUT2D eigenvalue weighted by Crippen LogP contribution is -2.60. The van der Waals surface area contributed by atoms with Crippen molar-refractivity contribution in [3.8, 4) is 0 Å². The highest BCUT2D eigenvalue weighted by atomic mass is 127. The van der Waals surface area contributed by atoms with Crippen molar-refractivity contribution < 1.29 is 0 Å². The minimum absolute atomic E-state index is 0.0951. The Morgan fingerprint density at radius 1 is 0.778 bits per heavy atom. The van der Waals surface area contributed by atoms with Gasteiger partial charge in [-0.3, -0.25) is 0 Å². The summed E-state index contributed by atoms with van der Waals surface area (Å²) < 4.78 is -0.190. The Morgan fingerprint density at radius 3 is 1.48 bits per heavy atom. The molecule has 0 radical (unpaired) electrons. The largest absolute Gasteiger partial charge is 0.316 e. The highest BCUT2D eigenvalue weighted by Gasteiger charge is 2.55. The van der Waals surface area contributed by atoms with Crippen molar-refractivity contribution in [1.82, 2.24) is 0 Å².